The summed E-state index contributed by atoms with van der Waals surface area (Å²) in [5.74, 6) is 0.539. The first-order valence-corrected chi connectivity index (χ1v) is 6.87. The van der Waals surface area contributed by atoms with Crippen molar-refractivity contribution >= 4 is 11.4 Å². The molecule has 0 bridgehead atoms. The first kappa shape index (κ1) is 12.1. The standard InChI is InChI=1S/C17H20N2/c1-12(2)14-7-3-4-9-17(14)19-10-13-6-5-8-16(18)15(13)11-19/h3-9,12H,10-11,18H2,1-2H3. The highest BCUT2D eigenvalue weighted by atomic mass is 15.1. The van der Waals surface area contributed by atoms with Crippen LogP contribution < -0.4 is 10.6 Å². The van der Waals surface area contributed by atoms with Crippen LogP contribution in [-0.2, 0) is 13.1 Å². The van der Waals surface area contributed by atoms with Crippen molar-refractivity contribution in [1.29, 1.82) is 0 Å². The van der Waals surface area contributed by atoms with Crippen molar-refractivity contribution in [1.82, 2.24) is 0 Å². The van der Waals surface area contributed by atoms with Gasteiger partial charge in [-0.2, -0.15) is 0 Å². The molecule has 0 aliphatic carbocycles. The molecule has 3 rings (SSSR count). The molecule has 0 aromatic heterocycles. The lowest BCUT2D eigenvalue weighted by molar-refractivity contribution is 0.820. The quantitative estimate of drug-likeness (QED) is 0.821. The van der Waals surface area contributed by atoms with E-state index < -0.39 is 0 Å². The summed E-state index contributed by atoms with van der Waals surface area (Å²) in [6.45, 7) is 6.38. The summed E-state index contributed by atoms with van der Waals surface area (Å²) in [4.78, 5) is 2.43. The molecule has 0 atom stereocenters. The lowest BCUT2D eigenvalue weighted by Gasteiger charge is -2.23. The summed E-state index contributed by atoms with van der Waals surface area (Å²) < 4.78 is 0. The third-order valence-electron chi connectivity index (χ3n) is 3.92. The third-order valence-corrected chi connectivity index (χ3v) is 3.92. The van der Waals surface area contributed by atoms with E-state index in [9.17, 15) is 0 Å². The summed E-state index contributed by atoms with van der Waals surface area (Å²) in [5, 5.41) is 0. The lowest BCUT2D eigenvalue weighted by atomic mass is 10.0. The molecule has 0 saturated heterocycles. The van der Waals surface area contributed by atoms with Gasteiger partial charge >= 0.3 is 0 Å². The number of hydrogen-bond donors (Lipinski definition) is 1. The molecule has 0 spiro atoms. The number of benzene rings is 2. The van der Waals surface area contributed by atoms with E-state index in [-0.39, 0.29) is 0 Å². The molecular weight excluding hydrogens is 232 g/mol. The average Bonchev–Trinajstić information content (AvgIpc) is 2.84. The minimum atomic E-state index is 0.539. The van der Waals surface area contributed by atoms with Gasteiger partial charge in [-0.05, 0) is 34.7 Å². The Morgan fingerprint density at radius 3 is 2.53 bits per heavy atom. The highest BCUT2D eigenvalue weighted by Crippen LogP contribution is 2.35. The monoisotopic (exact) mass is 252 g/mol. The van der Waals surface area contributed by atoms with Crippen LogP contribution in [0.3, 0.4) is 0 Å². The summed E-state index contributed by atoms with van der Waals surface area (Å²) in [6.07, 6.45) is 0. The van der Waals surface area contributed by atoms with E-state index in [4.69, 9.17) is 5.73 Å². The largest absolute Gasteiger partial charge is 0.398 e. The van der Waals surface area contributed by atoms with Crippen molar-refractivity contribution in [3.63, 3.8) is 0 Å². The maximum Gasteiger partial charge on any atom is 0.0457 e. The van der Waals surface area contributed by atoms with Crippen LogP contribution in [0.5, 0.6) is 0 Å². The number of nitrogens with two attached hydrogens (primary N) is 1. The SMILES string of the molecule is CC(C)c1ccccc1N1Cc2cccc(N)c2C1. The van der Waals surface area contributed by atoms with E-state index in [1.54, 1.807) is 0 Å². The Kier molecular flexibility index (Phi) is 2.94. The van der Waals surface area contributed by atoms with Crippen LogP contribution in [0.1, 0.15) is 36.5 Å². The molecule has 2 nitrogen and oxygen atoms in total. The number of rotatable bonds is 2. The molecule has 2 N–H and O–H groups in total. The number of anilines is 2. The Hall–Kier alpha value is -1.96. The first-order chi connectivity index (χ1) is 9.16. The summed E-state index contributed by atoms with van der Waals surface area (Å²) in [7, 11) is 0. The van der Waals surface area contributed by atoms with Gasteiger partial charge in [0, 0.05) is 24.5 Å². The highest BCUT2D eigenvalue weighted by Gasteiger charge is 2.22. The summed E-state index contributed by atoms with van der Waals surface area (Å²) >= 11 is 0. The number of fused-ring (bicyclic) bond motifs is 1. The molecule has 2 aromatic rings. The van der Waals surface area contributed by atoms with Gasteiger partial charge in [0.1, 0.15) is 0 Å². The van der Waals surface area contributed by atoms with E-state index in [2.05, 4.69) is 49.1 Å². The molecule has 1 aliphatic rings. The molecule has 0 amide bonds. The molecule has 19 heavy (non-hydrogen) atoms. The minimum absolute atomic E-state index is 0.539. The fourth-order valence-corrected chi connectivity index (χ4v) is 2.88. The van der Waals surface area contributed by atoms with E-state index in [0.717, 1.165) is 18.8 Å². The zero-order chi connectivity index (χ0) is 13.4. The van der Waals surface area contributed by atoms with Gasteiger partial charge in [0.05, 0.1) is 0 Å². The molecule has 2 heteroatoms. The second-order valence-corrected chi connectivity index (χ2v) is 5.55. The predicted octanol–water partition coefficient (Wildman–Crippen LogP) is 3.91. The summed E-state index contributed by atoms with van der Waals surface area (Å²) in [5.41, 5.74) is 12.4. The lowest BCUT2D eigenvalue weighted by Crippen LogP contribution is -2.16. The van der Waals surface area contributed by atoms with Gasteiger partial charge in [-0.3, -0.25) is 0 Å². The van der Waals surface area contributed by atoms with Crippen molar-refractivity contribution < 1.29 is 0 Å². The van der Waals surface area contributed by atoms with E-state index in [1.165, 1.54) is 22.4 Å². The zero-order valence-electron chi connectivity index (χ0n) is 11.6. The maximum absolute atomic E-state index is 6.08. The molecule has 0 fully saturated rings. The van der Waals surface area contributed by atoms with Crippen molar-refractivity contribution in [2.45, 2.75) is 32.9 Å². The third kappa shape index (κ3) is 2.07. The second-order valence-electron chi connectivity index (χ2n) is 5.55. The van der Waals surface area contributed by atoms with Gasteiger partial charge < -0.3 is 10.6 Å². The van der Waals surface area contributed by atoms with Crippen LogP contribution in [-0.4, -0.2) is 0 Å². The smallest absolute Gasteiger partial charge is 0.0457 e. The molecule has 1 heterocycles. The molecular formula is C17H20N2. The fourth-order valence-electron chi connectivity index (χ4n) is 2.88. The van der Waals surface area contributed by atoms with Crippen LogP contribution in [0.15, 0.2) is 42.5 Å². The molecule has 1 aliphatic heterocycles. The fraction of sp³-hybridized carbons (Fsp3) is 0.294. The van der Waals surface area contributed by atoms with Crippen LogP contribution in [0.4, 0.5) is 11.4 Å². The van der Waals surface area contributed by atoms with Gasteiger partial charge in [-0.15, -0.1) is 0 Å². The van der Waals surface area contributed by atoms with E-state index in [0.29, 0.717) is 5.92 Å². The van der Waals surface area contributed by atoms with E-state index >= 15 is 0 Å². The Balaban J connectivity index is 1.97. The topological polar surface area (TPSA) is 29.3 Å². The van der Waals surface area contributed by atoms with Gasteiger partial charge in [0.2, 0.25) is 0 Å². The number of nitrogen functional groups attached to an aromatic ring is 1. The minimum Gasteiger partial charge on any atom is -0.398 e. The van der Waals surface area contributed by atoms with Crippen LogP contribution >= 0.6 is 0 Å². The normalized spacial score (nSPS) is 13.9. The molecule has 2 aromatic carbocycles. The Morgan fingerprint density at radius 2 is 1.79 bits per heavy atom. The molecule has 0 saturated carbocycles. The Bertz CT molecular complexity index is 602. The molecule has 0 unspecified atom stereocenters. The maximum atomic E-state index is 6.08. The first-order valence-electron chi connectivity index (χ1n) is 6.87. The highest BCUT2D eigenvalue weighted by molar-refractivity contribution is 5.62. The van der Waals surface area contributed by atoms with Crippen LogP contribution in [0, 0.1) is 0 Å². The predicted molar refractivity (Wildman–Crippen MR) is 81.3 cm³/mol. The average molecular weight is 252 g/mol. The van der Waals surface area contributed by atoms with Crippen molar-refractivity contribution in [3.8, 4) is 0 Å². The van der Waals surface area contributed by atoms with Crippen molar-refractivity contribution in [2.75, 3.05) is 10.6 Å². The van der Waals surface area contributed by atoms with E-state index in [1.807, 2.05) is 12.1 Å². The summed E-state index contributed by atoms with van der Waals surface area (Å²) in [6, 6.07) is 14.9. The van der Waals surface area contributed by atoms with Gasteiger partial charge in [0.15, 0.2) is 0 Å². The number of para-hydroxylation sites is 1. The Labute approximate surface area is 114 Å². The van der Waals surface area contributed by atoms with Gasteiger partial charge in [-0.25, -0.2) is 0 Å². The number of nitrogens with zero attached hydrogens (tertiary/aromatic N) is 1. The van der Waals surface area contributed by atoms with Gasteiger partial charge in [-0.1, -0.05) is 44.2 Å². The second kappa shape index (κ2) is 4.61. The molecule has 98 valence electrons. The van der Waals surface area contributed by atoms with Crippen molar-refractivity contribution in [3.05, 3.63) is 59.2 Å². The van der Waals surface area contributed by atoms with Crippen LogP contribution in [0.2, 0.25) is 0 Å². The zero-order valence-corrected chi connectivity index (χ0v) is 11.6. The number of hydrogen-bond acceptors (Lipinski definition) is 2. The Morgan fingerprint density at radius 1 is 1.00 bits per heavy atom. The van der Waals surface area contributed by atoms with Crippen molar-refractivity contribution in [2.24, 2.45) is 0 Å². The van der Waals surface area contributed by atoms with Crippen LogP contribution in [0.25, 0.3) is 0 Å². The van der Waals surface area contributed by atoms with Gasteiger partial charge in [0.25, 0.3) is 0 Å². The molecule has 0 radical (unpaired) electrons.